The second kappa shape index (κ2) is 7.11. The van der Waals surface area contributed by atoms with E-state index in [1.165, 1.54) is 11.1 Å². The lowest BCUT2D eigenvalue weighted by atomic mass is 9.78. The molecule has 0 radical (unpaired) electrons. The molecule has 2 unspecified atom stereocenters. The topological polar surface area (TPSA) is 58.6 Å². The molecule has 1 saturated carbocycles. The van der Waals surface area contributed by atoms with E-state index in [0.717, 1.165) is 31.4 Å². The van der Waals surface area contributed by atoms with Gasteiger partial charge in [0, 0.05) is 22.4 Å². The molecule has 5 rings (SSSR count). The normalized spacial score (nSPS) is 24.1. The van der Waals surface area contributed by atoms with Crippen molar-refractivity contribution in [1.29, 1.82) is 0 Å². The van der Waals surface area contributed by atoms with Gasteiger partial charge in [-0.25, -0.2) is 0 Å². The fourth-order valence-electron chi connectivity index (χ4n) is 5.32. The molecule has 2 aliphatic carbocycles. The fraction of sp³-hybridized carbons (Fsp3) is 0.462. The van der Waals surface area contributed by atoms with Crippen molar-refractivity contribution in [3.63, 3.8) is 0 Å². The lowest BCUT2D eigenvalue weighted by molar-refractivity contribution is -0.126. The summed E-state index contributed by atoms with van der Waals surface area (Å²) in [7, 11) is 0. The first-order valence-corrected chi connectivity index (χ1v) is 11.3. The van der Waals surface area contributed by atoms with Crippen LogP contribution >= 0.6 is 0 Å². The number of hydrogen-bond donors (Lipinski definition) is 1. The molecule has 0 aromatic heterocycles. The zero-order valence-corrected chi connectivity index (χ0v) is 18.5. The Kier molecular flexibility index (Phi) is 4.61. The van der Waals surface area contributed by atoms with Gasteiger partial charge in [-0.05, 0) is 55.0 Å². The third-order valence-corrected chi connectivity index (χ3v) is 6.99. The summed E-state index contributed by atoms with van der Waals surface area (Å²) in [6, 6.07) is 14.2. The van der Waals surface area contributed by atoms with E-state index in [9.17, 15) is 9.59 Å². The van der Waals surface area contributed by atoms with Crippen molar-refractivity contribution in [2.75, 3.05) is 23.4 Å². The molecule has 0 saturated heterocycles. The standard InChI is InChI=1S/C26H30N2O3/c1-25(2,3)24(30)28-13-14-31-22-11-10-18(15-21(22)28)27-23(29)20-16-26(20)12-6-8-17-7-4-5-9-19(17)26/h4-5,7,9-11,15,20H,6,8,12-14,16H2,1-3H3,(H,27,29). The second-order valence-corrected chi connectivity index (χ2v) is 10.2. The number of ether oxygens (including phenoxy) is 1. The van der Waals surface area contributed by atoms with Gasteiger partial charge in [-0.2, -0.15) is 0 Å². The molecule has 2 aromatic rings. The molecular weight excluding hydrogens is 388 g/mol. The summed E-state index contributed by atoms with van der Waals surface area (Å²) >= 11 is 0. The van der Waals surface area contributed by atoms with E-state index in [4.69, 9.17) is 4.74 Å². The van der Waals surface area contributed by atoms with Crippen molar-refractivity contribution < 1.29 is 14.3 Å². The van der Waals surface area contributed by atoms with Crippen LogP contribution < -0.4 is 15.0 Å². The van der Waals surface area contributed by atoms with E-state index >= 15 is 0 Å². The van der Waals surface area contributed by atoms with Crippen LogP contribution in [0.1, 0.15) is 51.2 Å². The van der Waals surface area contributed by atoms with E-state index < -0.39 is 5.41 Å². The molecule has 162 valence electrons. The molecule has 5 nitrogen and oxygen atoms in total. The zero-order chi connectivity index (χ0) is 21.8. The Morgan fingerprint density at radius 3 is 2.77 bits per heavy atom. The Labute approximate surface area is 183 Å². The summed E-state index contributed by atoms with van der Waals surface area (Å²) in [4.78, 5) is 27.9. The van der Waals surface area contributed by atoms with E-state index in [0.29, 0.717) is 24.6 Å². The predicted molar refractivity (Wildman–Crippen MR) is 122 cm³/mol. The molecule has 1 aliphatic heterocycles. The van der Waals surface area contributed by atoms with Crippen molar-refractivity contribution in [2.24, 2.45) is 11.3 Å². The van der Waals surface area contributed by atoms with Crippen molar-refractivity contribution >= 4 is 23.2 Å². The Morgan fingerprint density at radius 1 is 1.16 bits per heavy atom. The number of carbonyl (C=O) groups is 2. The van der Waals surface area contributed by atoms with Crippen molar-refractivity contribution in [1.82, 2.24) is 0 Å². The van der Waals surface area contributed by atoms with Crippen LogP contribution in [0.4, 0.5) is 11.4 Å². The van der Waals surface area contributed by atoms with E-state index in [-0.39, 0.29) is 23.1 Å². The van der Waals surface area contributed by atoms with Crippen molar-refractivity contribution in [3.8, 4) is 5.75 Å². The van der Waals surface area contributed by atoms with Crippen LogP contribution in [0.15, 0.2) is 42.5 Å². The average Bonchev–Trinajstić information content (AvgIpc) is 3.47. The third kappa shape index (κ3) is 3.40. The van der Waals surface area contributed by atoms with Gasteiger partial charge in [-0.1, -0.05) is 45.0 Å². The summed E-state index contributed by atoms with van der Waals surface area (Å²) in [6.45, 7) is 6.76. The minimum atomic E-state index is -0.484. The predicted octanol–water partition coefficient (Wildman–Crippen LogP) is 4.69. The number of nitrogens with zero attached hydrogens (tertiary/aromatic N) is 1. The van der Waals surface area contributed by atoms with Gasteiger partial charge in [0.25, 0.3) is 0 Å². The number of rotatable bonds is 2. The molecule has 2 aromatic carbocycles. The molecule has 2 atom stereocenters. The largest absolute Gasteiger partial charge is 0.490 e. The van der Waals surface area contributed by atoms with E-state index in [2.05, 4.69) is 29.6 Å². The van der Waals surface area contributed by atoms with Crippen LogP contribution in [0.2, 0.25) is 0 Å². The highest BCUT2D eigenvalue weighted by Gasteiger charge is 2.60. The maximum absolute atomic E-state index is 13.2. The van der Waals surface area contributed by atoms with Crippen LogP contribution in [-0.4, -0.2) is 25.0 Å². The molecule has 3 aliphatic rings. The number of aryl methyl sites for hydroxylation is 1. The Hall–Kier alpha value is -2.82. The van der Waals surface area contributed by atoms with Crippen LogP contribution in [0.25, 0.3) is 0 Å². The van der Waals surface area contributed by atoms with Gasteiger partial charge in [0.2, 0.25) is 11.8 Å². The molecule has 31 heavy (non-hydrogen) atoms. The third-order valence-electron chi connectivity index (χ3n) is 6.99. The SMILES string of the molecule is CC(C)(C)C(=O)N1CCOc2ccc(NC(=O)C3CC34CCCc3ccccc34)cc21. The first-order valence-electron chi connectivity index (χ1n) is 11.3. The van der Waals surface area contributed by atoms with Crippen LogP contribution in [0.5, 0.6) is 5.75 Å². The molecule has 5 heteroatoms. The van der Waals surface area contributed by atoms with Gasteiger partial charge < -0.3 is 15.0 Å². The number of hydrogen-bond acceptors (Lipinski definition) is 3. The van der Waals surface area contributed by atoms with E-state index in [1.807, 2.05) is 39.0 Å². The summed E-state index contributed by atoms with van der Waals surface area (Å²) in [5, 5.41) is 3.12. The first-order chi connectivity index (χ1) is 14.8. The molecule has 1 spiro atoms. The molecule has 1 N–H and O–H groups in total. The van der Waals surface area contributed by atoms with Gasteiger partial charge in [-0.3, -0.25) is 9.59 Å². The highest BCUT2D eigenvalue weighted by atomic mass is 16.5. The summed E-state index contributed by atoms with van der Waals surface area (Å²) < 4.78 is 5.76. The number of nitrogens with one attached hydrogen (secondary N) is 1. The molecule has 1 heterocycles. The van der Waals surface area contributed by atoms with Crippen LogP contribution in [-0.2, 0) is 21.4 Å². The summed E-state index contributed by atoms with van der Waals surface area (Å²) in [5.74, 6) is 0.821. The van der Waals surface area contributed by atoms with Crippen LogP contribution in [0.3, 0.4) is 0 Å². The number of carbonyl (C=O) groups excluding carboxylic acids is 2. The van der Waals surface area contributed by atoms with Gasteiger partial charge >= 0.3 is 0 Å². The van der Waals surface area contributed by atoms with Gasteiger partial charge in [0.1, 0.15) is 12.4 Å². The van der Waals surface area contributed by atoms with Gasteiger partial charge in [0.05, 0.1) is 12.2 Å². The van der Waals surface area contributed by atoms with Crippen LogP contribution in [0, 0.1) is 11.3 Å². The number of benzene rings is 2. The number of fused-ring (bicyclic) bond motifs is 3. The summed E-state index contributed by atoms with van der Waals surface area (Å²) in [5.41, 5.74) is 3.73. The summed E-state index contributed by atoms with van der Waals surface area (Å²) in [6.07, 6.45) is 4.24. The maximum Gasteiger partial charge on any atom is 0.232 e. The maximum atomic E-state index is 13.2. The van der Waals surface area contributed by atoms with Crippen molar-refractivity contribution in [2.45, 2.75) is 51.9 Å². The smallest absolute Gasteiger partial charge is 0.232 e. The lowest BCUT2D eigenvalue weighted by Gasteiger charge is -2.34. The second-order valence-electron chi connectivity index (χ2n) is 10.2. The van der Waals surface area contributed by atoms with Gasteiger partial charge in [-0.15, -0.1) is 0 Å². The monoisotopic (exact) mass is 418 g/mol. The Bertz CT molecular complexity index is 1050. The molecule has 0 bridgehead atoms. The Morgan fingerprint density at radius 2 is 1.97 bits per heavy atom. The highest BCUT2D eigenvalue weighted by Crippen LogP contribution is 2.60. The zero-order valence-electron chi connectivity index (χ0n) is 18.5. The van der Waals surface area contributed by atoms with E-state index in [1.54, 1.807) is 4.90 Å². The quantitative estimate of drug-likeness (QED) is 0.770. The Balaban J connectivity index is 1.37. The molecule has 1 fully saturated rings. The number of anilines is 2. The minimum Gasteiger partial charge on any atom is -0.490 e. The fourth-order valence-corrected chi connectivity index (χ4v) is 5.32. The molecule has 2 amide bonds. The van der Waals surface area contributed by atoms with Crippen molar-refractivity contribution in [3.05, 3.63) is 53.6 Å². The number of amides is 2. The lowest BCUT2D eigenvalue weighted by Crippen LogP contribution is -2.44. The average molecular weight is 419 g/mol. The minimum absolute atomic E-state index is 0.00445. The molecular formula is C26H30N2O3. The highest BCUT2D eigenvalue weighted by molar-refractivity contribution is 6.01. The van der Waals surface area contributed by atoms with Gasteiger partial charge in [0.15, 0.2) is 0 Å². The first kappa shape index (κ1) is 20.1.